The van der Waals surface area contributed by atoms with Crippen LogP contribution in [-0.4, -0.2) is 35.9 Å². The number of hydrazone groups is 1. The zero-order chi connectivity index (χ0) is 19.5. The molecule has 142 valence electrons. The minimum absolute atomic E-state index is 0.321. The molecule has 2 N–H and O–H groups in total. The van der Waals surface area contributed by atoms with Crippen molar-refractivity contribution in [2.45, 2.75) is 19.8 Å². The third-order valence-electron chi connectivity index (χ3n) is 3.50. The van der Waals surface area contributed by atoms with E-state index in [1.807, 2.05) is 0 Å². The lowest BCUT2D eigenvalue weighted by Gasteiger charge is -2.10. The molecule has 8 heteroatoms. The van der Waals surface area contributed by atoms with Crippen molar-refractivity contribution >= 4 is 29.5 Å². The summed E-state index contributed by atoms with van der Waals surface area (Å²) in [5, 5.41) is 7.61. The van der Waals surface area contributed by atoms with Crippen LogP contribution in [0, 0.1) is 0 Å². The highest BCUT2D eigenvalue weighted by molar-refractivity contribution is 7.80. The number of hydrogen-bond acceptors (Lipinski definition) is 6. The number of carbonyl (C=O) groups is 1. The molecule has 0 fully saturated rings. The first-order valence-corrected chi connectivity index (χ1v) is 8.92. The molecular weight excluding hydrogens is 364 g/mol. The van der Waals surface area contributed by atoms with Crippen LogP contribution in [-0.2, 0) is 0 Å². The van der Waals surface area contributed by atoms with Crippen molar-refractivity contribution in [3.05, 3.63) is 53.9 Å². The molecule has 1 heterocycles. The normalized spacial score (nSPS) is 10.4. The van der Waals surface area contributed by atoms with Crippen molar-refractivity contribution in [3.63, 3.8) is 0 Å². The molecule has 0 saturated heterocycles. The van der Waals surface area contributed by atoms with Gasteiger partial charge in [0.2, 0.25) is 0 Å². The van der Waals surface area contributed by atoms with E-state index in [1.54, 1.807) is 36.5 Å². The van der Waals surface area contributed by atoms with E-state index in [2.05, 4.69) is 27.8 Å². The summed E-state index contributed by atoms with van der Waals surface area (Å²) in [5.74, 6) is 0.258. The summed E-state index contributed by atoms with van der Waals surface area (Å²) in [6.45, 7) is 2.92. The Hall–Kier alpha value is -3.00. The van der Waals surface area contributed by atoms with Crippen LogP contribution in [0.2, 0.25) is 0 Å². The molecule has 0 bridgehead atoms. The van der Waals surface area contributed by atoms with Crippen molar-refractivity contribution in [2.24, 2.45) is 5.10 Å². The summed E-state index contributed by atoms with van der Waals surface area (Å²) in [6.07, 6.45) is 6.80. The Morgan fingerprint density at radius 3 is 2.74 bits per heavy atom. The third-order valence-corrected chi connectivity index (χ3v) is 3.74. The van der Waals surface area contributed by atoms with Gasteiger partial charge in [-0.05, 0) is 54.5 Å². The van der Waals surface area contributed by atoms with Gasteiger partial charge in [-0.25, -0.2) is 4.79 Å². The molecule has 0 aliphatic heterocycles. The van der Waals surface area contributed by atoms with Gasteiger partial charge in [-0.3, -0.25) is 10.4 Å². The molecule has 0 spiro atoms. The van der Waals surface area contributed by atoms with Gasteiger partial charge in [-0.2, -0.15) is 5.10 Å². The smallest absolute Gasteiger partial charge is 0.343 e. The fourth-order valence-corrected chi connectivity index (χ4v) is 2.23. The van der Waals surface area contributed by atoms with E-state index < -0.39 is 5.97 Å². The van der Waals surface area contributed by atoms with E-state index >= 15 is 0 Å². The molecule has 0 unspecified atom stereocenters. The second kappa shape index (κ2) is 10.9. The van der Waals surface area contributed by atoms with Crippen molar-refractivity contribution in [1.82, 2.24) is 15.7 Å². The van der Waals surface area contributed by atoms with Crippen LogP contribution in [0.4, 0.5) is 0 Å². The van der Waals surface area contributed by atoms with Gasteiger partial charge in [0.1, 0.15) is 0 Å². The SMILES string of the molecule is CCCCNC(=S)N/N=C\c1ccc(OC(=O)c2ccncc2)c(OC)c1. The van der Waals surface area contributed by atoms with Crippen molar-refractivity contribution in [1.29, 1.82) is 0 Å². The number of nitrogens with zero attached hydrogens (tertiary/aromatic N) is 2. The molecule has 0 atom stereocenters. The number of thiocarbonyl (C=S) groups is 1. The lowest BCUT2D eigenvalue weighted by atomic mass is 10.2. The summed E-state index contributed by atoms with van der Waals surface area (Å²) in [7, 11) is 1.51. The van der Waals surface area contributed by atoms with Gasteiger partial charge in [-0.15, -0.1) is 0 Å². The Labute approximate surface area is 163 Å². The second-order valence-corrected chi connectivity index (χ2v) is 5.92. The second-order valence-electron chi connectivity index (χ2n) is 5.52. The van der Waals surface area contributed by atoms with Crippen molar-refractivity contribution in [2.75, 3.05) is 13.7 Å². The van der Waals surface area contributed by atoms with Crippen molar-refractivity contribution < 1.29 is 14.3 Å². The van der Waals surface area contributed by atoms with Gasteiger partial charge in [-0.1, -0.05) is 13.3 Å². The van der Waals surface area contributed by atoms with E-state index in [9.17, 15) is 4.79 Å². The molecule has 0 amide bonds. The van der Waals surface area contributed by atoms with E-state index in [1.165, 1.54) is 19.5 Å². The molecule has 2 aromatic rings. The van der Waals surface area contributed by atoms with Crippen LogP contribution in [0.15, 0.2) is 47.8 Å². The maximum atomic E-state index is 12.2. The van der Waals surface area contributed by atoms with E-state index in [0.717, 1.165) is 24.9 Å². The van der Waals surface area contributed by atoms with Gasteiger partial charge in [0.05, 0.1) is 18.9 Å². The monoisotopic (exact) mass is 386 g/mol. The molecule has 0 aliphatic carbocycles. The number of aromatic nitrogens is 1. The highest BCUT2D eigenvalue weighted by atomic mass is 32.1. The minimum atomic E-state index is -0.484. The molecular formula is C19H22N4O3S. The predicted octanol–water partition coefficient (Wildman–Crippen LogP) is 2.91. The standard InChI is InChI=1S/C19H22N4O3S/c1-3-4-9-21-19(27)23-22-13-14-5-6-16(17(12-14)25-2)26-18(24)15-7-10-20-11-8-15/h5-8,10-13H,3-4,9H2,1-2H3,(H2,21,23,27)/b22-13-. The number of carbonyl (C=O) groups excluding carboxylic acids is 1. The molecule has 0 aliphatic rings. The lowest BCUT2D eigenvalue weighted by Crippen LogP contribution is -2.32. The number of hydrogen-bond donors (Lipinski definition) is 2. The number of nitrogens with one attached hydrogen (secondary N) is 2. The summed E-state index contributed by atoms with van der Waals surface area (Å²) in [6, 6.07) is 8.29. The van der Waals surface area contributed by atoms with Crippen LogP contribution >= 0.6 is 12.2 Å². The summed E-state index contributed by atoms with van der Waals surface area (Å²) < 4.78 is 10.7. The number of rotatable bonds is 8. The zero-order valence-electron chi connectivity index (χ0n) is 15.3. The Balaban J connectivity index is 1.98. The number of pyridine rings is 1. The molecule has 0 saturated carbocycles. The van der Waals surface area contributed by atoms with Crippen molar-refractivity contribution in [3.8, 4) is 11.5 Å². The van der Waals surface area contributed by atoms with Crippen LogP contribution in [0.3, 0.4) is 0 Å². The minimum Gasteiger partial charge on any atom is -0.493 e. The first kappa shape index (κ1) is 20.3. The van der Waals surface area contributed by atoms with E-state index in [4.69, 9.17) is 21.7 Å². The largest absolute Gasteiger partial charge is 0.493 e. The van der Waals surface area contributed by atoms with Crippen LogP contribution < -0.4 is 20.2 Å². The predicted molar refractivity (Wildman–Crippen MR) is 108 cm³/mol. The summed E-state index contributed by atoms with van der Waals surface area (Å²) in [5.41, 5.74) is 3.93. The van der Waals surface area contributed by atoms with Gasteiger partial charge >= 0.3 is 5.97 Å². The number of ether oxygens (including phenoxy) is 2. The number of unbranched alkanes of at least 4 members (excludes halogenated alkanes) is 1. The molecule has 27 heavy (non-hydrogen) atoms. The first-order chi connectivity index (χ1) is 13.1. The Bertz CT molecular complexity index is 797. The maximum Gasteiger partial charge on any atom is 0.343 e. The van der Waals surface area contributed by atoms with Crippen LogP contribution in [0.5, 0.6) is 11.5 Å². The topological polar surface area (TPSA) is 84.8 Å². The van der Waals surface area contributed by atoms with Crippen LogP contribution in [0.25, 0.3) is 0 Å². The molecule has 1 aromatic heterocycles. The van der Waals surface area contributed by atoms with Gasteiger partial charge < -0.3 is 14.8 Å². The number of esters is 1. The number of methoxy groups -OCH3 is 1. The van der Waals surface area contributed by atoms with E-state index in [0.29, 0.717) is 22.2 Å². The molecule has 0 radical (unpaired) electrons. The Morgan fingerprint density at radius 1 is 1.26 bits per heavy atom. The summed E-state index contributed by atoms with van der Waals surface area (Å²) in [4.78, 5) is 16.0. The van der Waals surface area contributed by atoms with Gasteiger partial charge in [0, 0.05) is 18.9 Å². The quantitative estimate of drug-likeness (QED) is 0.180. The molecule has 7 nitrogen and oxygen atoms in total. The molecule has 1 aromatic carbocycles. The highest BCUT2D eigenvalue weighted by Crippen LogP contribution is 2.28. The summed E-state index contributed by atoms with van der Waals surface area (Å²) >= 11 is 5.12. The lowest BCUT2D eigenvalue weighted by molar-refractivity contribution is 0.0729. The van der Waals surface area contributed by atoms with Gasteiger partial charge in [0.25, 0.3) is 0 Å². The fraction of sp³-hybridized carbons (Fsp3) is 0.263. The maximum absolute atomic E-state index is 12.2. The Morgan fingerprint density at radius 2 is 2.04 bits per heavy atom. The Kier molecular flexibility index (Phi) is 8.18. The molecule has 2 rings (SSSR count). The first-order valence-electron chi connectivity index (χ1n) is 8.51. The van der Waals surface area contributed by atoms with Crippen LogP contribution in [0.1, 0.15) is 35.7 Å². The zero-order valence-corrected chi connectivity index (χ0v) is 16.1. The number of benzene rings is 1. The average Bonchev–Trinajstić information content (AvgIpc) is 2.69. The van der Waals surface area contributed by atoms with Gasteiger partial charge in [0.15, 0.2) is 16.6 Å². The third kappa shape index (κ3) is 6.67. The highest BCUT2D eigenvalue weighted by Gasteiger charge is 2.12. The van der Waals surface area contributed by atoms with E-state index in [-0.39, 0.29) is 0 Å². The fourth-order valence-electron chi connectivity index (χ4n) is 2.08. The average molecular weight is 386 g/mol.